The van der Waals surface area contributed by atoms with Gasteiger partial charge in [-0.1, -0.05) is 19.9 Å². The molecule has 1 heterocycles. The normalized spacial score (nSPS) is 22.3. The van der Waals surface area contributed by atoms with E-state index in [1.807, 2.05) is 18.2 Å². The van der Waals surface area contributed by atoms with Crippen molar-refractivity contribution in [2.24, 2.45) is 0 Å². The Bertz CT molecular complexity index is 649. The van der Waals surface area contributed by atoms with E-state index < -0.39 is 0 Å². The number of hydrogen-bond acceptors (Lipinski definition) is 4. The van der Waals surface area contributed by atoms with Gasteiger partial charge < -0.3 is 9.47 Å². The van der Waals surface area contributed by atoms with Crippen LogP contribution >= 0.6 is 0 Å². The van der Waals surface area contributed by atoms with E-state index in [2.05, 4.69) is 13.8 Å². The molecule has 2 aliphatic rings. The molecule has 2 amide bonds. The van der Waals surface area contributed by atoms with Gasteiger partial charge in [0.15, 0.2) is 0 Å². The second-order valence-electron chi connectivity index (χ2n) is 6.13. The van der Waals surface area contributed by atoms with Crippen LogP contribution in [0.5, 0.6) is 5.75 Å². The Balaban J connectivity index is 1.90. The summed E-state index contributed by atoms with van der Waals surface area (Å²) in [6.07, 6.45) is 5.02. The Kier molecular flexibility index (Phi) is 5.00. The number of rotatable bonds is 7. The van der Waals surface area contributed by atoms with E-state index in [9.17, 15) is 9.59 Å². The summed E-state index contributed by atoms with van der Waals surface area (Å²) >= 11 is 0. The molecule has 5 nitrogen and oxygen atoms in total. The second kappa shape index (κ2) is 7.18. The fourth-order valence-corrected chi connectivity index (χ4v) is 3.28. The first kappa shape index (κ1) is 16.7. The molecule has 0 aromatic heterocycles. The van der Waals surface area contributed by atoms with Crippen LogP contribution < -0.4 is 4.74 Å². The van der Waals surface area contributed by atoms with Crippen LogP contribution in [0.3, 0.4) is 0 Å². The molecule has 5 heteroatoms. The van der Waals surface area contributed by atoms with Gasteiger partial charge in [-0.3, -0.25) is 14.5 Å². The quantitative estimate of drug-likeness (QED) is 0.720. The molecule has 0 fully saturated rings. The lowest BCUT2D eigenvalue weighted by Crippen LogP contribution is -2.33. The summed E-state index contributed by atoms with van der Waals surface area (Å²) in [5.41, 5.74) is 2.00. The zero-order chi connectivity index (χ0) is 17.1. The Morgan fingerprint density at radius 3 is 2.42 bits per heavy atom. The van der Waals surface area contributed by atoms with E-state index in [0.717, 1.165) is 29.7 Å². The van der Waals surface area contributed by atoms with Crippen molar-refractivity contribution in [1.29, 1.82) is 0 Å². The van der Waals surface area contributed by atoms with Gasteiger partial charge in [-0.25, -0.2) is 0 Å². The number of nitrogens with zero attached hydrogens (tertiary/aromatic N) is 1. The van der Waals surface area contributed by atoms with Crippen LogP contribution in [0, 0.1) is 0 Å². The van der Waals surface area contributed by atoms with Gasteiger partial charge in [0.25, 0.3) is 11.8 Å². The Labute approximate surface area is 142 Å². The lowest BCUT2D eigenvalue weighted by molar-refractivity contribution is -0.140. The maximum Gasteiger partial charge on any atom is 0.254 e. The summed E-state index contributed by atoms with van der Waals surface area (Å²) in [4.78, 5) is 25.5. The van der Waals surface area contributed by atoms with Gasteiger partial charge in [0.05, 0.1) is 18.8 Å². The lowest BCUT2D eigenvalue weighted by atomic mass is 10.1. The molecule has 2 atom stereocenters. The van der Waals surface area contributed by atoms with Crippen molar-refractivity contribution in [2.45, 2.75) is 45.3 Å². The van der Waals surface area contributed by atoms with Crippen molar-refractivity contribution >= 4 is 11.8 Å². The van der Waals surface area contributed by atoms with Crippen LogP contribution in [0.4, 0.5) is 0 Å². The number of hydrogen-bond donors (Lipinski definition) is 0. The third kappa shape index (κ3) is 3.08. The highest BCUT2D eigenvalue weighted by Crippen LogP contribution is 2.46. The lowest BCUT2D eigenvalue weighted by Gasteiger charge is -2.23. The number of ether oxygens (including phenoxy) is 2. The number of imide groups is 1. The van der Waals surface area contributed by atoms with Crippen molar-refractivity contribution in [2.75, 3.05) is 13.2 Å². The monoisotopic (exact) mass is 329 g/mol. The number of fused-ring (bicyclic) bond motifs is 1. The zero-order valence-electron chi connectivity index (χ0n) is 14.2. The van der Waals surface area contributed by atoms with E-state index in [1.165, 1.54) is 17.1 Å². The fourth-order valence-electron chi connectivity index (χ4n) is 3.28. The molecule has 0 spiro atoms. The predicted molar refractivity (Wildman–Crippen MR) is 89.6 cm³/mol. The molecular formula is C19H23NO4. The fraction of sp³-hybridized carbons (Fsp3) is 0.474. The van der Waals surface area contributed by atoms with Gasteiger partial charge >= 0.3 is 0 Å². The number of amides is 2. The first-order chi connectivity index (χ1) is 11.7. The largest absolute Gasteiger partial charge is 0.494 e. The zero-order valence-corrected chi connectivity index (χ0v) is 14.2. The maximum atomic E-state index is 12.1. The van der Waals surface area contributed by atoms with E-state index in [0.29, 0.717) is 19.6 Å². The van der Waals surface area contributed by atoms with Crippen LogP contribution in [0.1, 0.15) is 56.4 Å². The first-order valence-electron chi connectivity index (χ1n) is 8.59. The smallest absolute Gasteiger partial charge is 0.254 e. The van der Waals surface area contributed by atoms with Gasteiger partial charge in [0, 0.05) is 25.2 Å². The summed E-state index contributed by atoms with van der Waals surface area (Å²) < 4.78 is 11.7. The number of benzene rings is 1. The molecule has 24 heavy (non-hydrogen) atoms. The first-order valence-corrected chi connectivity index (χ1v) is 8.59. The Hall–Kier alpha value is -2.14. The molecule has 0 saturated heterocycles. The maximum absolute atomic E-state index is 12.1. The minimum absolute atomic E-state index is 0.115. The van der Waals surface area contributed by atoms with E-state index in [-0.39, 0.29) is 24.0 Å². The SMILES string of the molecule is CCCOc1ccc2c(c1)[C@@H](OCCC)C[C@@H]2N1C(=O)C=CC1=O. The molecule has 0 saturated carbocycles. The van der Waals surface area contributed by atoms with Crippen molar-refractivity contribution < 1.29 is 19.1 Å². The average molecular weight is 329 g/mol. The van der Waals surface area contributed by atoms with Crippen LogP contribution in [-0.2, 0) is 14.3 Å². The van der Waals surface area contributed by atoms with Crippen LogP contribution in [-0.4, -0.2) is 29.9 Å². The molecular weight excluding hydrogens is 306 g/mol. The molecule has 0 N–H and O–H groups in total. The molecule has 1 aliphatic carbocycles. The van der Waals surface area contributed by atoms with Gasteiger partial charge in [0.1, 0.15) is 5.75 Å². The second-order valence-corrected chi connectivity index (χ2v) is 6.13. The summed E-state index contributed by atoms with van der Waals surface area (Å²) in [5.74, 6) is 0.301. The minimum Gasteiger partial charge on any atom is -0.494 e. The number of carbonyl (C=O) groups is 2. The molecule has 128 valence electrons. The molecule has 0 bridgehead atoms. The van der Waals surface area contributed by atoms with Gasteiger partial charge in [-0.05, 0) is 36.1 Å². The molecule has 0 radical (unpaired) electrons. The van der Waals surface area contributed by atoms with Crippen LogP contribution in [0.2, 0.25) is 0 Å². The third-order valence-electron chi connectivity index (χ3n) is 4.35. The molecule has 1 aromatic carbocycles. The highest BCUT2D eigenvalue weighted by molar-refractivity contribution is 6.13. The molecule has 0 unspecified atom stereocenters. The van der Waals surface area contributed by atoms with E-state index in [4.69, 9.17) is 9.47 Å². The van der Waals surface area contributed by atoms with E-state index >= 15 is 0 Å². The Morgan fingerprint density at radius 2 is 1.75 bits per heavy atom. The average Bonchev–Trinajstić information content (AvgIpc) is 3.10. The van der Waals surface area contributed by atoms with Crippen LogP contribution in [0.15, 0.2) is 30.4 Å². The van der Waals surface area contributed by atoms with Gasteiger partial charge in [0.2, 0.25) is 0 Å². The van der Waals surface area contributed by atoms with Gasteiger partial charge in [-0.15, -0.1) is 0 Å². The minimum atomic E-state index is -0.267. The van der Waals surface area contributed by atoms with E-state index in [1.54, 1.807) is 0 Å². The van der Waals surface area contributed by atoms with Crippen molar-refractivity contribution in [3.63, 3.8) is 0 Å². The summed E-state index contributed by atoms with van der Waals surface area (Å²) in [6, 6.07) is 5.59. The molecule has 1 aromatic rings. The number of carbonyl (C=O) groups excluding carboxylic acids is 2. The predicted octanol–water partition coefficient (Wildman–Crippen LogP) is 3.31. The Morgan fingerprint density at radius 1 is 1.04 bits per heavy atom. The third-order valence-corrected chi connectivity index (χ3v) is 4.35. The van der Waals surface area contributed by atoms with Crippen molar-refractivity contribution in [3.05, 3.63) is 41.5 Å². The summed E-state index contributed by atoms with van der Waals surface area (Å²) in [7, 11) is 0. The topological polar surface area (TPSA) is 55.8 Å². The summed E-state index contributed by atoms with van der Waals surface area (Å²) in [5, 5.41) is 0. The van der Waals surface area contributed by atoms with Crippen molar-refractivity contribution in [1.82, 2.24) is 4.90 Å². The van der Waals surface area contributed by atoms with Crippen molar-refractivity contribution in [3.8, 4) is 5.75 Å². The molecule has 1 aliphatic heterocycles. The highest BCUT2D eigenvalue weighted by Gasteiger charge is 2.40. The molecule has 3 rings (SSSR count). The standard InChI is InChI=1S/C19H23NO4/c1-3-9-23-13-5-6-14-15(11-13)17(24-10-4-2)12-16(14)20-18(21)7-8-19(20)22/h5-8,11,16-17H,3-4,9-10,12H2,1-2H3/t16-,17-/m0/s1. The van der Waals surface area contributed by atoms with Gasteiger partial charge in [-0.2, -0.15) is 0 Å². The highest BCUT2D eigenvalue weighted by atomic mass is 16.5. The van der Waals surface area contributed by atoms with Crippen LogP contribution in [0.25, 0.3) is 0 Å². The summed E-state index contributed by atoms with van der Waals surface area (Å²) in [6.45, 7) is 5.44.